The Morgan fingerprint density at radius 2 is 1.66 bits per heavy atom. The molecular weight excluding hydrogens is 419 g/mol. The summed E-state index contributed by atoms with van der Waals surface area (Å²) in [6, 6.07) is 17.9. The zero-order valence-corrected chi connectivity index (χ0v) is 16.5. The normalized spacial score (nSPS) is 11.0. The number of anilines is 2. The topological polar surface area (TPSA) is 84.5 Å². The summed E-state index contributed by atoms with van der Waals surface area (Å²) in [6.45, 7) is -0.296. The highest BCUT2D eigenvalue weighted by molar-refractivity contribution is 7.92. The second-order valence-electron chi connectivity index (χ2n) is 5.88. The number of sulfonamides is 1. The molecular formula is C20H16ClFN2O4S. The van der Waals surface area contributed by atoms with E-state index < -0.39 is 26.6 Å². The van der Waals surface area contributed by atoms with E-state index in [1.165, 1.54) is 30.3 Å². The number of ether oxygens (including phenoxy) is 1. The van der Waals surface area contributed by atoms with E-state index in [2.05, 4.69) is 10.0 Å². The fraction of sp³-hybridized carbons (Fsp3) is 0.0500. The quantitative estimate of drug-likeness (QED) is 0.580. The highest BCUT2D eigenvalue weighted by Crippen LogP contribution is 2.28. The van der Waals surface area contributed by atoms with Gasteiger partial charge in [0, 0.05) is 5.02 Å². The molecule has 0 heterocycles. The number of hydrogen-bond acceptors (Lipinski definition) is 4. The van der Waals surface area contributed by atoms with Crippen molar-refractivity contribution in [2.45, 2.75) is 4.90 Å². The smallest absolute Gasteiger partial charge is 0.264 e. The van der Waals surface area contributed by atoms with Crippen LogP contribution in [0.15, 0.2) is 77.7 Å². The fourth-order valence-electron chi connectivity index (χ4n) is 2.42. The van der Waals surface area contributed by atoms with Crippen molar-refractivity contribution in [1.29, 1.82) is 0 Å². The highest BCUT2D eigenvalue weighted by Gasteiger charge is 2.20. The molecule has 150 valence electrons. The Morgan fingerprint density at radius 3 is 2.38 bits per heavy atom. The predicted octanol–water partition coefficient (Wildman–Crippen LogP) is 4.30. The van der Waals surface area contributed by atoms with E-state index in [-0.39, 0.29) is 23.0 Å². The van der Waals surface area contributed by atoms with Gasteiger partial charge < -0.3 is 10.1 Å². The number of hydrogen-bond donors (Lipinski definition) is 2. The number of halogens is 2. The summed E-state index contributed by atoms with van der Waals surface area (Å²) in [6.07, 6.45) is 0. The molecule has 29 heavy (non-hydrogen) atoms. The molecule has 2 N–H and O–H groups in total. The van der Waals surface area contributed by atoms with Crippen LogP contribution in [0.2, 0.25) is 5.02 Å². The lowest BCUT2D eigenvalue weighted by Gasteiger charge is -2.14. The van der Waals surface area contributed by atoms with Crippen molar-refractivity contribution in [3.63, 3.8) is 0 Å². The molecule has 0 unspecified atom stereocenters. The van der Waals surface area contributed by atoms with E-state index in [1.807, 2.05) is 6.07 Å². The molecule has 0 aliphatic rings. The van der Waals surface area contributed by atoms with Gasteiger partial charge >= 0.3 is 0 Å². The van der Waals surface area contributed by atoms with Gasteiger partial charge in [-0.1, -0.05) is 41.9 Å². The van der Waals surface area contributed by atoms with Gasteiger partial charge in [0.05, 0.1) is 11.4 Å². The van der Waals surface area contributed by atoms with Crippen LogP contribution in [0.5, 0.6) is 5.75 Å². The molecule has 0 bridgehead atoms. The Balaban J connectivity index is 1.77. The van der Waals surface area contributed by atoms with Crippen LogP contribution in [0.3, 0.4) is 0 Å². The van der Waals surface area contributed by atoms with Crippen molar-refractivity contribution >= 4 is 38.9 Å². The predicted molar refractivity (Wildman–Crippen MR) is 109 cm³/mol. The van der Waals surface area contributed by atoms with Crippen LogP contribution < -0.4 is 14.8 Å². The maximum absolute atomic E-state index is 13.9. The maximum atomic E-state index is 13.9. The van der Waals surface area contributed by atoms with E-state index in [0.717, 1.165) is 12.1 Å². The molecule has 0 radical (unpaired) electrons. The Bertz CT molecular complexity index is 1120. The SMILES string of the molecule is O=C(COc1ccccc1)Nc1cc(Cl)ccc1NS(=O)(=O)c1ccccc1F. The van der Waals surface area contributed by atoms with Crippen molar-refractivity contribution in [1.82, 2.24) is 0 Å². The third-order valence-electron chi connectivity index (χ3n) is 3.74. The number of para-hydroxylation sites is 1. The van der Waals surface area contributed by atoms with Gasteiger partial charge in [-0.3, -0.25) is 9.52 Å². The van der Waals surface area contributed by atoms with Gasteiger partial charge in [-0.2, -0.15) is 0 Å². The minimum absolute atomic E-state index is 0.0331. The van der Waals surface area contributed by atoms with Gasteiger partial charge in [-0.25, -0.2) is 12.8 Å². The van der Waals surface area contributed by atoms with Crippen LogP contribution in [0.4, 0.5) is 15.8 Å². The zero-order chi connectivity index (χ0) is 20.9. The van der Waals surface area contributed by atoms with E-state index in [4.69, 9.17) is 16.3 Å². The van der Waals surface area contributed by atoms with Gasteiger partial charge in [0.2, 0.25) is 0 Å². The first kappa shape index (κ1) is 20.6. The number of amides is 1. The second-order valence-corrected chi connectivity index (χ2v) is 7.96. The number of benzene rings is 3. The lowest BCUT2D eigenvalue weighted by atomic mass is 10.2. The highest BCUT2D eigenvalue weighted by atomic mass is 35.5. The summed E-state index contributed by atoms with van der Waals surface area (Å²) in [5.74, 6) is -0.910. The van der Waals surface area contributed by atoms with Crippen LogP contribution in [0.1, 0.15) is 0 Å². The summed E-state index contributed by atoms with van der Waals surface area (Å²) in [5, 5.41) is 2.82. The number of carbonyl (C=O) groups excluding carboxylic acids is 1. The van der Waals surface area contributed by atoms with Crippen molar-refractivity contribution in [3.05, 3.63) is 83.6 Å². The summed E-state index contributed by atoms with van der Waals surface area (Å²) in [7, 11) is -4.22. The van der Waals surface area contributed by atoms with Gasteiger partial charge in [-0.15, -0.1) is 0 Å². The average molecular weight is 435 g/mol. The molecule has 3 rings (SSSR count). The summed E-state index contributed by atoms with van der Waals surface area (Å²) >= 11 is 5.97. The number of carbonyl (C=O) groups is 1. The van der Waals surface area contributed by atoms with E-state index in [9.17, 15) is 17.6 Å². The van der Waals surface area contributed by atoms with Gasteiger partial charge in [0.25, 0.3) is 15.9 Å². The fourth-order valence-corrected chi connectivity index (χ4v) is 3.76. The summed E-state index contributed by atoms with van der Waals surface area (Å²) in [5.41, 5.74) is 0.143. The van der Waals surface area contributed by atoms with Crippen molar-refractivity contribution in [3.8, 4) is 5.75 Å². The van der Waals surface area contributed by atoms with Crippen LogP contribution >= 0.6 is 11.6 Å². The van der Waals surface area contributed by atoms with Crippen LogP contribution in [-0.4, -0.2) is 20.9 Å². The molecule has 6 nitrogen and oxygen atoms in total. The molecule has 9 heteroatoms. The maximum Gasteiger partial charge on any atom is 0.264 e. The van der Waals surface area contributed by atoms with Gasteiger partial charge in [0.15, 0.2) is 6.61 Å². The molecule has 3 aromatic rings. The van der Waals surface area contributed by atoms with Gasteiger partial charge in [-0.05, 0) is 42.5 Å². The standard InChI is InChI=1S/C20H16ClFN2O4S/c21-14-10-11-17(24-29(26,27)19-9-5-4-8-16(19)22)18(12-14)23-20(25)13-28-15-6-2-1-3-7-15/h1-12,24H,13H2,(H,23,25). The third-order valence-corrected chi connectivity index (χ3v) is 5.37. The Kier molecular flexibility index (Phi) is 6.36. The zero-order valence-electron chi connectivity index (χ0n) is 14.9. The first-order valence-electron chi connectivity index (χ1n) is 8.40. The lowest BCUT2D eigenvalue weighted by molar-refractivity contribution is -0.118. The van der Waals surface area contributed by atoms with Crippen LogP contribution in [-0.2, 0) is 14.8 Å². The molecule has 0 aliphatic heterocycles. The minimum Gasteiger partial charge on any atom is -0.484 e. The molecule has 0 aliphatic carbocycles. The molecule has 0 saturated carbocycles. The van der Waals surface area contributed by atoms with Crippen molar-refractivity contribution in [2.75, 3.05) is 16.6 Å². The summed E-state index contributed by atoms with van der Waals surface area (Å²) < 4.78 is 46.6. The molecule has 0 spiro atoms. The molecule has 0 fully saturated rings. The third kappa shape index (κ3) is 5.46. The first-order chi connectivity index (χ1) is 13.8. The van der Waals surface area contributed by atoms with Crippen molar-refractivity contribution in [2.24, 2.45) is 0 Å². The van der Waals surface area contributed by atoms with Crippen LogP contribution in [0.25, 0.3) is 0 Å². The number of nitrogens with one attached hydrogen (secondary N) is 2. The minimum atomic E-state index is -4.22. The lowest BCUT2D eigenvalue weighted by Crippen LogP contribution is -2.22. The monoisotopic (exact) mass is 434 g/mol. The molecule has 0 aromatic heterocycles. The number of rotatable bonds is 7. The Labute approximate surface area is 172 Å². The molecule has 0 atom stereocenters. The molecule has 0 saturated heterocycles. The first-order valence-corrected chi connectivity index (χ1v) is 10.3. The molecule has 1 amide bonds. The van der Waals surface area contributed by atoms with E-state index >= 15 is 0 Å². The van der Waals surface area contributed by atoms with Crippen molar-refractivity contribution < 1.29 is 22.3 Å². The van der Waals surface area contributed by atoms with Crippen LogP contribution in [0, 0.1) is 5.82 Å². The molecule has 3 aromatic carbocycles. The Hall–Kier alpha value is -3.10. The van der Waals surface area contributed by atoms with E-state index in [1.54, 1.807) is 24.3 Å². The van der Waals surface area contributed by atoms with E-state index in [0.29, 0.717) is 5.75 Å². The second kappa shape index (κ2) is 8.93. The Morgan fingerprint density at radius 1 is 0.966 bits per heavy atom. The van der Waals surface area contributed by atoms with Gasteiger partial charge in [0.1, 0.15) is 16.5 Å². The largest absolute Gasteiger partial charge is 0.484 e. The summed E-state index contributed by atoms with van der Waals surface area (Å²) in [4.78, 5) is 11.7. The average Bonchev–Trinajstić information content (AvgIpc) is 2.69.